The third-order valence-corrected chi connectivity index (χ3v) is 22.6. The van der Waals surface area contributed by atoms with E-state index in [9.17, 15) is 0 Å². The van der Waals surface area contributed by atoms with Crippen molar-refractivity contribution in [1.29, 1.82) is 0 Å². The zero-order valence-corrected chi connectivity index (χ0v) is 84.2. The van der Waals surface area contributed by atoms with Crippen LogP contribution in [0.3, 0.4) is 0 Å². The van der Waals surface area contributed by atoms with E-state index in [2.05, 4.69) is 262 Å². The van der Waals surface area contributed by atoms with Crippen LogP contribution >= 0.6 is 0 Å². The van der Waals surface area contributed by atoms with Gasteiger partial charge in [0.2, 0.25) is 0 Å². The average Bonchev–Trinajstić information content (AvgIpc) is 1.61. The number of fused-ring (bicyclic) bond motifs is 7. The number of rotatable bonds is 13. The average molecular weight is 2520 g/mol. The van der Waals surface area contributed by atoms with Crippen molar-refractivity contribution >= 4 is 149 Å². The Kier molecular flexibility index (Phi) is 31.5. The fourth-order valence-corrected chi connectivity index (χ4v) is 16.3. The molecule has 0 fully saturated rings. The minimum Gasteiger partial charge on any atom is -0.493 e. The Hall–Kier alpha value is -15.7. The first kappa shape index (κ1) is 96.0. The Labute approximate surface area is 869 Å². The van der Waals surface area contributed by atoms with Gasteiger partial charge in [-0.05, 0) is 115 Å². The van der Waals surface area contributed by atoms with Crippen molar-refractivity contribution in [1.82, 2.24) is 39.9 Å². The van der Waals surface area contributed by atoms with Gasteiger partial charge < -0.3 is 58.8 Å². The Bertz CT molecular complexity index is 6470. The maximum atomic E-state index is 4.87. The van der Waals surface area contributed by atoms with Gasteiger partial charge in [0.15, 0.2) is 0 Å². The van der Waals surface area contributed by atoms with Crippen LogP contribution in [0.4, 0.5) is 138 Å². The third-order valence-electron chi connectivity index (χ3n) is 22.6. The summed E-state index contributed by atoms with van der Waals surface area (Å²) in [6.45, 7) is 12.3. The minimum atomic E-state index is 0. The van der Waals surface area contributed by atoms with Gasteiger partial charge in [-0.2, -0.15) is 170 Å². The van der Waals surface area contributed by atoms with Gasteiger partial charge in [0.1, 0.15) is 46.5 Å². The molecular formula is C116H82Ir4N20-12. The van der Waals surface area contributed by atoms with E-state index in [1.165, 1.54) is 28.3 Å². The molecule has 24 heteroatoms. The zero-order chi connectivity index (χ0) is 91.0. The molecule has 4 radical (unpaired) electrons. The minimum absolute atomic E-state index is 0. The van der Waals surface area contributed by atoms with Crippen LogP contribution in [0.25, 0.3) is 22.2 Å². The first-order valence-electron chi connectivity index (χ1n) is 44.2. The fourth-order valence-electron chi connectivity index (χ4n) is 16.3. The number of anilines is 24. The van der Waals surface area contributed by atoms with Gasteiger partial charge in [0, 0.05) is 174 Å². The van der Waals surface area contributed by atoms with Gasteiger partial charge in [-0.25, -0.2) is 39.9 Å². The van der Waals surface area contributed by atoms with Crippen LogP contribution in [-0.4, -0.2) is 39.9 Å². The fraction of sp³-hybridized carbons (Fsp3) is 0. The summed E-state index contributed by atoms with van der Waals surface area (Å²) < 4.78 is 0. The van der Waals surface area contributed by atoms with E-state index in [0.717, 1.165) is 131 Å². The summed E-state index contributed by atoms with van der Waals surface area (Å²) in [6, 6.07) is 162. The summed E-state index contributed by atoms with van der Waals surface area (Å²) >= 11 is 0. The van der Waals surface area contributed by atoms with Crippen LogP contribution < -0.4 is 58.8 Å². The molecule has 0 spiro atoms. The molecule has 20 nitrogen and oxygen atoms in total. The first-order valence-corrected chi connectivity index (χ1v) is 44.2. The summed E-state index contributed by atoms with van der Waals surface area (Å²) in [5, 5.41) is 0. The Morgan fingerprint density at radius 3 is 0.679 bits per heavy atom. The molecule has 4 aromatic heterocycles. The smallest absolute Gasteiger partial charge is 0.146 e. The van der Waals surface area contributed by atoms with E-state index >= 15 is 0 Å². The summed E-state index contributed by atoms with van der Waals surface area (Å²) in [5.74, 6) is 6.49. The molecule has 6 aliphatic rings. The van der Waals surface area contributed by atoms with Gasteiger partial charge in [-0.3, -0.25) is 0 Å². The zero-order valence-electron chi connectivity index (χ0n) is 74.6. The molecule has 0 saturated carbocycles. The Balaban J connectivity index is 0.000000116. The van der Waals surface area contributed by atoms with Crippen LogP contribution in [0.2, 0.25) is 0 Å². The number of para-hydroxylation sites is 17. The van der Waals surface area contributed by atoms with E-state index < -0.39 is 0 Å². The van der Waals surface area contributed by atoms with Gasteiger partial charge in [-0.1, -0.05) is 176 Å². The van der Waals surface area contributed by atoms with Gasteiger partial charge >= 0.3 is 0 Å². The molecule has 694 valence electrons. The van der Waals surface area contributed by atoms with Gasteiger partial charge in [0.25, 0.3) is 0 Å². The second-order valence-electron chi connectivity index (χ2n) is 31.2. The molecule has 0 amide bonds. The molecule has 20 aromatic rings. The molecule has 140 heavy (non-hydrogen) atoms. The molecule has 0 unspecified atom stereocenters. The van der Waals surface area contributed by atoms with Crippen molar-refractivity contribution < 1.29 is 80.4 Å². The van der Waals surface area contributed by atoms with E-state index in [1.54, 1.807) is 37.2 Å². The monoisotopic (exact) mass is 2530 g/mol. The Morgan fingerprint density at radius 1 is 0.164 bits per heavy atom. The summed E-state index contributed by atoms with van der Waals surface area (Å²) in [4.78, 5) is 61.7. The summed E-state index contributed by atoms with van der Waals surface area (Å²) in [6.07, 6.45) is 10.3. The molecule has 0 bridgehead atoms. The molecule has 0 atom stereocenters. The third kappa shape index (κ3) is 21.1. The number of hydrogen-bond acceptors (Lipinski definition) is 20. The second-order valence-corrected chi connectivity index (χ2v) is 31.2. The van der Waals surface area contributed by atoms with Crippen molar-refractivity contribution in [3.8, 4) is 11.1 Å². The molecule has 16 aromatic carbocycles. The molecule has 0 N–H and O–H groups in total. The van der Waals surface area contributed by atoms with Crippen LogP contribution in [0.1, 0.15) is 0 Å². The SMILES string of the molecule is [Ir].[Ir].[Ir].[Ir].[c-]1ccc(-c2ccccc2)cc1N1[CH-]N(c2ccccc2)c2nccnc21.[c-]1ccccc1N1[CH-]N(c2ccccc2)c2ccccc21.[c-]1ccccc1N1[CH-]N(c2ccccc2)c2ccccc21.[c-]1ccccc1N1[CH-]N(c2ccccc2)c2nc3ccccc3nc21.[c-]1ccccc1N1[CH-]N(c2ccccc2)c2nccnc21.[c-]1ccccc1N1[CH-]N(c2ccccc2)c2nccnc21. The van der Waals surface area contributed by atoms with Gasteiger partial charge in [0.05, 0.1) is 11.0 Å². The van der Waals surface area contributed by atoms with Crippen molar-refractivity contribution in [3.63, 3.8) is 0 Å². The van der Waals surface area contributed by atoms with E-state index in [-0.39, 0.29) is 80.4 Å². The normalized spacial score (nSPS) is 12.9. The number of aromatic nitrogens is 8. The molecule has 0 aliphatic carbocycles. The number of nitrogens with zero attached hydrogens (tertiary/aromatic N) is 20. The summed E-state index contributed by atoms with van der Waals surface area (Å²) in [5.41, 5.74) is 21.1. The number of benzene rings is 16. The summed E-state index contributed by atoms with van der Waals surface area (Å²) in [7, 11) is 0. The van der Waals surface area contributed by atoms with E-state index in [1.807, 2.05) is 328 Å². The maximum Gasteiger partial charge on any atom is 0.146 e. The van der Waals surface area contributed by atoms with Crippen molar-refractivity contribution in [2.45, 2.75) is 0 Å². The predicted octanol–water partition coefficient (Wildman–Crippen LogP) is 27.3. The molecule has 26 rings (SSSR count). The van der Waals surface area contributed by atoms with E-state index in [0.29, 0.717) is 0 Å². The van der Waals surface area contributed by atoms with Crippen LogP contribution in [0, 0.1) is 76.4 Å². The van der Waals surface area contributed by atoms with Crippen molar-refractivity contribution in [3.05, 3.63) is 538 Å². The first-order chi connectivity index (χ1) is 67.5. The molecule has 0 saturated heterocycles. The van der Waals surface area contributed by atoms with E-state index in [4.69, 9.17) is 9.97 Å². The van der Waals surface area contributed by atoms with Crippen molar-refractivity contribution in [2.75, 3.05) is 58.8 Å². The van der Waals surface area contributed by atoms with Crippen LogP contribution in [0.15, 0.2) is 462 Å². The quantitative estimate of drug-likeness (QED) is 0.101. The van der Waals surface area contributed by atoms with Crippen LogP contribution in [-0.2, 0) is 80.4 Å². The molecule has 10 heterocycles. The Morgan fingerprint density at radius 2 is 0.379 bits per heavy atom. The number of hydrogen-bond donors (Lipinski definition) is 0. The predicted molar refractivity (Wildman–Crippen MR) is 546 cm³/mol. The second kappa shape index (κ2) is 46.0. The molecular weight excluding hydrogens is 2440 g/mol. The topological polar surface area (TPSA) is 142 Å². The largest absolute Gasteiger partial charge is 0.493 e. The standard InChI is InChI=1S/C23H16N4.C21H14N4.2C19H14N2.2C17H12N4.4Ir/c1-3-8-18(9-4-1)19-10-7-13-21(16-19)27-17-26(20-11-5-2-6-12-20)22-23(27)25-15-14-24-22;1-3-9-16(10-4-1)24-15-25(17-11-5-2-6-12-17)21-20(24)22-18-13-7-8-14-19(18)23-21;2*1-3-9-16(10-4-1)20-15-21(17-11-5-2-6-12-17)19-14-8-7-13-18(19)20;2*1-3-7-14(8-4-1)20-13-21(15-9-5-2-6-10-15)17-16(20)18-11-12-19-17;;;;/h1-12,14-17H;1-11,13-15H;2*1-11,13-15H;2*1-9,11-13H;;;;/q6*-2;;;;. The maximum absolute atomic E-state index is 4.87. The molecule has 6 aliphatic heterocycles. The van der Waals surface area contributed by atoms with Gasteiger partial charge in [-0.15, -0.1) is 85.8 Å². The van der Waals surface area contributed by atoms with Crippen LogP contribution in [0.5, 0.6) is 0 Å². The van der Waals surface area contributed by atoms with Crippen molar-refractivity contribution in [2.24, 2.45) is 0 Å².